The third-order valence-corrected chi connectivity index (χ3v) is 18.1. The van der Waals surface area contributed by atoms with Gasteiger partial charge in [0.1, 0.15) is 28.2 Å². The number of unbranched alkanes of at least 4 members (excludes halogenated alkanes) is 2. The number of carbonyl (C=O) groups is 2. The van der Waals surface area contributed by atoms with Crippen LogP contribution in [0.25, 0.3) is 66.8 Å². The maximum Gasteiger partial charge on any atom is 0.365 e. The fourth-order valence-electron chi connectivity index (χ4n) is 12.4. The van der Waals surface area contributed by atoms with Crippen LogP contribution in [0, 0.1) is 17.3 Å². The van der Waals surface area contributed by atoms with Gasteiger partial charge in [0.25, 0.3) is 10.1 Å². The Morgan fingerprint density at radius 3 is 1.26 bits per heavy atom. The highest BCUT2D eigenvalue weighted by atomic mass is 32.2. The monoisotopic (exact) mass is 1160 g/mol. The average Bonchev–Trinajstić information content (AvgIpc) is 1.93. The van der Waals surface area contributed by atoms with Crippen LogP contribution in [0.4, 0.5) is 0 Å². The van der Waals surface area contributed by atoms with E-state index < -0.39 is 32.7 Å². The van der Waals surface area contributed by atoms with Crippen molar-refractivity contribution in [3.63, 3.8) is 0 Å². The maximum atomic E-state index is 12.3. The standard InChI is InChI=1S/2C25H21O3.C20H38O7S/c2*1-26-18-9-12-20-17(14-18)8-11-22-24(16-6-4-3-5-7-16)21-13-10-19(27-2)15-23(21)28-25(20)22;1-5-9-11-15(7-3)13-20(19(23)24,14-16(8-4)12-10-6-2)17(18(21)22)28(25,26)27/h2*3-7,9-10,12-15H,8,11H2,1-2H3;15-17H,5-14H2,1-4H3,(H,21,22)(H,23,24)(H,25,26,27)/q2*+1;/p-2. The van der Waals surface area contributed by atoms with Crippen LogP contribution >= 0.6 is 0 Å². The summed E-state index contributed by atoms with van der Waals surface area (Å²) in [5, 5.41) is 23.7. The van der Waals surface area contributed by atoms with Crippen LogP contribution in [0.15, 0.2) is 142 Å². The molecule has 84 heavy (non-hydrogen) atoms. The van der Waals surface area contributed by atoms with Crippen LogP contribution in [0.2, 0.25) is 0 Å². The van der Waals surface area contributed by atoms with Gasteiger partial charge >= 0.3 is 22.7 Å². The molecule has 0 saturated heterocycles. The average molecular weight is 1160 g/mol. The highest BCUT2D eigenvalue weighted by Gasteiger charge is 2.50. The molecule has 2 aliphatic rings. The molecule has 6 aromatic carbocycles. The van der Waals surface area contributed by atoms with Crippen molar-refractivity contribution in [2.75, 3.05) is 28.4 Å². The van der Waals surface area contributed by atoms with Gasteiger partial charge in [0.15, 0.2) is 0 Å². The normalized spacial score (nSPS) is 14.1. The number of carboxylic acid groups (broad SMARTS) is 2. The Hall–Kier alpha value is -7.81. The van der Waals surface area contributed by atoms with Crippen LogP contribution in [0.1, 0.15) is 114 Å². The van der Waals surface area contributed by atoms with Gasteiger partial charge in [0.2, 0.25) is 0 Å². The molecule has 14 heteroatoms. The molecular weight excluding hydrogens is 1080 g/mol. The van der Waals surface area contributed by atoms with Crippen LogP contribution in [-0.4, -0.2) is 58.6 Å². The molecule has 0 amide bonds. The van der Waals surface area contributed by atoms with Gasteiger partial charge in [0, 0.05) is 22.5 Å². The van der Waals surface area contributed by atoms with E-state index >= 15 is 0 Å². The predicted octanol–water partition coefficient (Wildman–Crippen LogP) is 14.3. The molecule has 3 atom stereocenters. The zero-order chi connectivity index (χ0) is 60.1. The van der Waals surface area contributed by atoms with E-state index in [9.17, 15) is 32.8 Å². The van der Waals surface area contributed by atoms with Gasteiger partial charge in [-0.05, 0) is 133 Å². The van der Waals surface area contributed by atoms with E-state index in [2.05, 4.69) is 97.1 Å². The van der Waals surface area contributed by atoms with E-state index in [1.165, 1.54) is 44.5 Å². The molecule has 0 bridgehead atoms. The number of ether oxygens (including phenoxy) is 4. The number of carbonyl (C=O) groups excluding carboxylic acids is 2. The summed E-state index contributed by atoms with van der Waals surface area (Å²) in [5.74, 6) is 1.02. The lowest BCUT2D eigenvalue weighted by atomic mass is 9.68. The zero-order valence-electron chi connectivity index (χ0n) is 49.6. The van der Waals surface area contributed by atoms with Gasteiger partial charge in [-0.25, -0.2) is 8.83 Å². The zero-order valence-corrected chi connectivity index (χ0v) is 50.4. The Morgan fingerprint density at radius 2 is 0.929 bits per heavy atom. The Labute approximate surface area is 494 Å². The summed E-state index contributed by atoms with van der Waals surface area (Å²) in [5.41, 5.74) is 11.7. The third kappa shape index (κ3) is 13.7. The van der Waals surface area contributed by atoms with Crippen LogP contribution < -0.4 is 29.2 Å². The van der Waals surface area contributed by atoms with E-state index in [-0.39, 0.29) is 24.7 Å². The molecule has 0 fully saturated rings. The second kappa shape index (κ2) is 28.2. The lowest BCUT2D eigenvalue weighted by molar-refractivity contribution is -0.329. The molecule has 1 N–H and O–H groups in total. The minimum absolute atomic E-state index is 0.174. The first-order valence-electron chi connectivity index (χ1n) is 29.3. The molecule has 10 rings (SSSR count). The number of hydrogen-bond acceptors (Lipinski definition) is 10. The second-order valence-electron chi connectivity index (χ2n) is 22.0. The molecule has 0 saturated carbocycles. The van der Waals surface area contributed by atoms with Crippen LogP contribution in [0.5, 0.6) is 23.0 Å². The summed E-state index contributed by atoms with van der Waals surface area (Å²) < 4.78 is 68.1. The highest BCUT2D eigenvalue weighted by molar-refractivity contribution is 7.87. The van der Waals surface area contributed by atoms with Crippen LogP contribution in [0.3, 0.4) is 0 Å². The molecule has 13 nitrogen and oxygen atoms in total. The minimum Gasteiger partial charge on any atom is -0.549 e. The molecule has 442 valence electrons. The fraction of sp³-hybridized carbons (Fsp3) is 0.371. The smallest absolute Gasteiger partial charge is 0.365 e. The highest BCUT2D eigenvalue weighted by Crippen LogP contribution is 2.48. The number of rotatable bonds is 22. The second-order valence-corrected chi connectivity index (χ2v) is 23.5. The van der Waals surface area contributed by atoms with E-state index in [0.717, 1.165) is 119 Å². The van der Waals surface area contributed by atoms with E-state index in [4.69, 9.17) is 27.8 Å². The molecule has 0 aliphatic heterocycles. The molecule has 2 heterocycles. The van der Waals surface area contributed by atoms with Crippen molar-refractivity contribution < 1.29 is 60.6 Å². The first-order chi connectivity index (χ1) is 40.6. The number of aryl methyl sites for hydroxylation is 2. The lowest BCUT2D eigenvalue weighted by Crippen LogP contribution is -2.60. The Balaban J connectivity index is 0.000000164. The first-order valence-corrected chi connectivity index (χ1v) is 30.8. The summed E-state index contributed by atoms with van der Waals surface area (Å²) in [6, 6.07) is 45.7. The molecule has 0 spiro atoms. The molecule has 0 radical (unpaired) electrons. The first kappa shape index (κ1) is 62.2. The molecule has 8 aromatic rings. The van der Waals surface area contributed by atoms with Crippen molar-refractivity contribution >= 4 is 44.0 Å². The number of methoxy groups -OCH3 is 4. The van der Waals surface area contributed by atoms with Crippen molar-refractivity contribution in [2.24, 2.45) is 17.3 Å². The van der Waals surface area contributed by atoms with Gasteiger partial charge in [-0.2, -0.15) is 8.42 Å². The summed E-state index contributed by atoms with van der Waals surface area (Å²) in [6.07, 6.45) is 9.31. The topological polar surface area (TPSA) is 194 Å². The maximum absolute atomic E-state index is 12.3. The van der Waals surface area contributed by atoms with Gasteiger partial charge in [-0.1, -0.05) is 140 Å². The number of fused-ring (bicyclic) bond motifs is 8. The quantitative estimate of drug-likeness (QED) is 0.0498. The van der Waals surface area contributed by atoms with Crippen molar-refractivity contribution in [3.05, 3.63) is 156 Å². The van der Waals surface area contributed by atoms with E-state index in [0.29, 0.717) is 25.7 Å². The van der Waals surface area contributed by atoms with Gasteiger partial charge < -0.3 is 38.7 Å². The number of aliphatic carboxylic acids is 2. The third-order valence-electron chi connectivity index (χ3n) is 16.8. The largest absolute Gasteiger partial charge is 0.549 e. The fourth-order valence-corrected chi connectivity index (χ4v) is 13.5. The van der Waals surface area contributed by atoms with Gasteiger partial charge in [-0.15, -0.1) is 0 Å². The molecule has 2 aromatic heterocycles. The summed E-state index contributed by atoms with van der Waals surface area (Å²) >= 11 is 0. The van der Waals surface area contributed by atoms with Crippen molar-refractivity contribution in [3.8, 4) is 67.9 Å². The SMILES string of the molecule is CCCCC(CC)CC(CC(CC)CCCC)(C(=O)[O-])C(C(=O)[O-])S(=O)(=O)O.COc1ccc2c(c1)CCc1c-2[o+]c2cc(OC)ccc2c1-c1ccccc1.COc1ccc2c(c1)CCc1c-2[o+]c2cc(OC)ccc2c1-c1ccccc1. The number of carboxylic acids is 2. The number of hydrogen-bond donors (Lipinski definition) is 1. The summed E-state index contributed by atoms with van der Waals surface area (Å²) in [4.78, 5) is 24.0. The minimum atomic E-state index is -5.20. The van der Waals surface area contributed by atoms with Crippen molar-refractivity contribution in [2.45, 2.75) is 123 Å². The van der Waals surface area contributed by atoms with Gasteiger partial charge in [0.05, 0.1) is 79.6 Å². The van der Waals surface area contributed by atoms with Crippen molar-refractivity contribution in [1.29, 1.82) is 0 Å². The predicted molar refractivity (Wildman–Crippen MR) is 328 cm³/mol. The summed E-state index contributed by atoms with van der Waals surface area (Å²) in [7, 11) is 1.57. The molecular formula is C70H78O13S. The Kier molecular flexibility index (Phi) is 20.9. The van der Waals surface area contributed by atoms with Crippen LogP contribution in [-0.2, 0) is 45.4 Å². The molecule has 3 unspecified atom stereocenters. The van der Waals surface area contributed by atoms with Gasteiger partial charge in [-0.3, -0.25) is 4.55 Å². The van der Waals surface area contributed by atoms with Crippen molar-refractivity contribution in [1.82, 2.24) is 0 Å². The van der Waals surface area contributed by atoms with E-state index in [1.807, 2.05) is 64.1 Å². The summed E-state index contributed by atoms with van der Waals surface area (Å²) in [6.45, 7) is 7.68. The van der Waals surface area contributed by atoms with E-state index in [1.54, 1.807) is 28.4 Å². The number of benzene rings is 6. The lowest BCUT2D eigenvalue weighted by Gasteiger charge is -2.44. The Bertz CT molecular complexity index is 3480. The Morgan fingerprint density at radius 1 is 0.548 bits per heavy atom. The molecule has 2 aliphatic carbocycles.